The number of rotatable bonds is 4. The zero-order chi connectivity index (χ0) is 10.6. The molecular formula is C9H15N3O2. The van der Waals surface area contributed by atoms with Crippen LogP contribution in [0.25, 0.3) is 0 Å². The van der Waals surface area contributed by atoms with Gasteiger partial charge in [0.2, 0.25) is 5.91 Å². The van der Waals surface area contributed by atoms with Gasteiger partial charge in [0.25, 0.3) is 0 Å². The maximum atomic E-state index is 11.5. The number of nitrogens with one attached hydrogen (secondary N) is 1. The quantitative estimate of drug-likeness (QED) is 0.641. The fraction of sp³-hybridized carbons (Fsp3) is 0.778. The molecule has 0 unspecified atom stereocenters. The summed E-state index contributed by atoms with van der Waals surface area (Å²) in [6.07, 6.45) is 0. The molecule has 1 N–H and O–H groups in total. The molecule has 0 radical (unpaired) electrons. The molecule has 0 aromatic heterocycles. The van der Waals surface area contributed by atoms with Crippen LogP contribution in [-0.2, 0) is 9.53 Å². The van der Waals surface area contributed by atoms with Gasteiger partial charge in [-0.15, -0.1) is 0 Å². The van der Waals surface area contributed by atoms with Crippen LogP contribution in [0.5, 0.6) is 0 Å². The van der Waals surface area contributed by atoms with Crippen LogP contribution in [0.2, 0.25) is 0 Å². The van der Waals surface area contributed by atoms with Gasteiger partial charge in [0.05, 0.1) is 19.3 Å². The second-order valence-electron chi connectivity index (χ2n) is 3.75. The van der Waals surface area contributed by atoms with Crippen LogP contribution in [0.4, 0.5) is 0 Å². The van der Waals surface area contributed by atoms with E-state index in [-0.39, 0.29) is 19.1 Å². The molecule has 1 rings (SSSR count). The highest BCUT2D eigenvalue weighted by Gasteiger charge is 2.46. The van der Waals surface area contributed by atoms with Crippen LogP contribution in [0.15, 0.2) is 0 Å². The highest BCUT2D eigenvalue weighted by Crippen LogP contribution is 2.26. The number of nitriles is 1. The van der Waals surface area contributed by atoms with E-state index in [1.807, 2.05) is 25.1 Å². The van der Waals surface area contributed by atoms with Crippen molar-refractivity contribution in [3.63, 3.8) is 0 Å². The molecule has 0 aromatic carbocycles. The van der Waals surface area contributed by atoms with E-state index in [0.29, 0.717) is 6.54 Å². The first-order valence-electron chi connectivity index (χ1n) is 4.53. The van der Waals surface area contributed by atoms with Crippen molar-refractivity contribution in [3.8, 4) is 6.07 Å². The van der Waals surface area contributed by atoms with Crippen LogP contribution in [0, 0.1) is 16.7 Å². The lowest BCUT2D eigenvalue weighted by molar-refractivity contribution is -0.150. The molecule has 1 amide bonds. The fourth-order valence-corrected chi connectivity index (χ4v) is 1.11. The smallest absolute Gasteiger partial charge is 0.245 e. The number of amides is 1. The van der Waals surface area contributed by atoms with E-state index in [1.54, 1.807) is 0 Å². The van der Waals surface area contributed by atoms with Crippen molar-refractivity contribution in [2.45, 2.75) is 0 Å². The van der Waals surface area contributed by atoms with E-state index in [2.05, 4.69) is 5.32 Å². The lowest BCUT2D eigenvalue weighted by Crippen LogP contribution is -2.53. The van der Waals surface area contributed by atoms with E-state index in [1.165, 1.54) is 0 Å². The number of likely N-dealkylation sites (N-methyl/N-ethyl adjacent to an activating group) is 1. The SMILES string of the molecule is CN(C)CCNC(=O)C1(C#N)COC1. The standard InChI is InChI=1S/C9H15N3O2/c1-12(2)4-3-11-8(13)9(5-10)6-14-7-9/h3-4,6-7H2,1-2H3,(H,11,13). The molecule has 0 saturated carbocycles. The molecule has 0 aromatic rings. The monoisotopic (exact) mass is 197 g/mol. The summed E-state index contributed by atoms with van der Waals surface area (Å²) in [5.41, 5.74) is -0.924. The Morgan fingerprint density at radius 1 is 1.64 bits per heavy atom. The van der Waals surface area contributed by atoms with E-state index in [4.69, 9.17) is 10.00 Å². The van der Waals surface area contributed by atoms with E-state index in [9.17, 15) is 4.79 Å². The Kier molecular flexibility index (Phi) is 3.44. The summed E-state index contributed by atoms with van der Waals surface area (Å²) in [7, 11) is 3.86. The molecule has 5 heteroatoms. The topological polar surface area (TPSA) is 65.4 Å². The highest BCUT2D eigenvalue weighted by molar-refractivity contribution is 5.86. The largest absolute Gasteiger partial charge is 0.377 e. The minimum Gasteiger partial charge on any atom is -0.377 e. The minimum absolute atomic E-state index is 0.215. The summed E-state index contributed by atoms with van der Waals surface area (Å²) in [5, 5.41) is 11.5. The fourth-order valence-electron chi connectivity index (χ4n) is 1.11. The van der Waals surface area contributed by atoms with Crippen molar-refractivity contribution in [2.24, 2.45) is 5.41 Å². The number of carbonyl (C=O) groups excluding carboxylic acids is 1. The summed E-state index contributed by atoms with van der Waals surface area (Å²) in [6, 6.07) is 2.00. The molecule has 1 saturated heterocycles. The summed E-state index contributed by atoms with van der Waals surface area (Å²) < 4.78 is 4.88. The number of ether oxygens (including phenoxy) is 1. The van der Waals surface area contributed by atoms with Crippen molar-refractivity contribution >= 4 is 5.91 Å². The van der Waals surface area contributed by atoms with Crippen molar-refractivity contribution in [3.05, 3.63) is 0 Å². The van der Waals surface area contributed by atoms with Crippen molar-refractivity contribution < 1.29 is 9.53 Å². The van der Waals surface area contributed by atoms with E-state index >= 15 is 0 Å². The lowest BCUT2D eigenvalue weighted by atomic mass is 9.87. The van der Waals surface area contributed by atoms with Crippen LogP contribution in [0.3, 0.4) is 0 Å². The van der Waals surface area contributed by atoms with Gasteiger partial charge >= 0.3 is 0 Å². The molecule has 1 fully saturated rings. The van der Waals surface area contributed by atoms with Gasteiger partial charge in [-0.2, -0.15) is 5.26 Å². The lowest BCUT2D eigenvalue weighted by Gasteiger charge is -2.33. The first-order valence-corrected chi connectivity index (χ1v) is 4.53. The minimum atomic E-state index is -0.924. The Hall–Kier alpha value is -1.12. The molecule has 1 aliphatic heterocycles. The average molecular weight is 197 g/mol. The van der Waals surface area contributed by atoms with Gasteiger partial charge in [0.1, 0.15) is 0 Å². The second-order valence-corrected chi connectivity index (χ2v) is 3.75. The summed E-state index contributed by atoms with van der Waals surface area (Å²) in [4.78, 5) is 13.5. The number of hydrogen-bond donors (Lipinski definition) is 1. The Morgan fingerprint density at radius 3 is 2.64 bits per heavy atom. The molecule has 78 valence electrons. The zero-order valence-corrected chi connectivity index (χ0v) is 8.54. The van der Waals surface area contributed by atoms with Crippen LogP contribution < -0.4 is 5.32 Å². The van der Waals surface area contributed by atoms with Crippen molar-refractivity contribution in [1.82, 2.24) is 10.2 Å². The van der Waals surface area contributed by atoms with Gasteiger partial charge in [0.15, 0.2) is 5.41 Å². The van der Waals surface area contributed by atoms with Crippen LogP contribution in [-0.4, -0.2) is 51.2 Å². The van der Waals surface area contributed by atoms with Crippen LogP contribution in [0.1, 0.15) is 0 Å². The Balaban J connectivity index is 2.31. The molecule has 0 bridgehead atoms. The second kappa shape index (κ2) is 4.40. The number of hydrogen-bond acceptors (Lipinski definition) is 4. The summed E-state index contributed by atoms with van der Waals surface area (Å²) in [6.45, 7) is 1.78. The summed E-state index contributed by atoms with van der Waals surface area (Å²) >= 11 is 0. The maximum absolute atomic E-state index is 11.5. The predicted molar refractivity (Wildman–Crippen MR) is 50.4 cm³/mol. The third-order valence-corrected chi connectivity index (χ3v) is 2.19. The van der Waals surface area contributed by atoms with Gasteiger partial charge in [-0.3, -0.25) is 4.79 Å². The Morgan fingerprint density at radius 2 is 2.29 bits per heavy atom. The molecule has 0 aliphatic carbocycles. The predicted octanol–water partition coefficient (Wildman–Crippen LogP) is -0.796. The zero-order valence-electron chi connectivity index (χ0n) is 8.54. The molecule has 5 nitrogen and oxygen atoms in total. The Bertz CT molecular complexity index is 253. The van der Waals surface area contributed by atoms with Gasteiger partial charge in [-0.1, -0.05) is 0 Å². The maximum Gasteiger partial charge on any atom is 0.245 e. The van der Waals surface area contributed by atoms with Gasteiger partial charge in [-0.25, -0.2) is 0 Å². The molecular weight excluding hydrogens is 182 g/mol. The summed E-state index contributed by atoms with van der Waals surface area (Å²) in [5.74, 6) is -0.215. The molecule has 0 atom stereocenters. The molecule has 0 spiro atoms. The normalized spacial score (nSPS) is 18.4. The first-order chi connectivity index (χ1) is 6.60. The number of carbonyl (C=O) groups is 1. The average Bonchev–Trinajstić information content (AvgIpc) is 2.02. The van der Waals surface area contributed by atoms with Crippen molar-refractivity contribution in [1.29, 1.82) is 5.26 Å². The van der Waals surface area contributed by atoms with E-state index < -0.39 is 5.41 Å². The third kappa shape index (κ3) is 2.22. The van der Waals surface area contributed by atoms with Gasteiger partial charge in [-0.05, 0) is 14.1 Å². The first kappa shape index (κ1) is 11.0. The van der Waals surface area contributed by atoms with Crippen molar-refractivity contribution in [2.75, 3.05) is 40.4 Å². The molecule has 14 heavy (non-hydrogen) atoms. The van der Waals surface area contributed by atoms with Gasteiger partial charge in [0, 0.05) is 13.1 Å². The highest BCUT2D eigenvalue weighted by atomic mass is 16.5. The van der Waals surface area contributed by atoms with E-state index in [0.717, 1.165) is 6.54 Å². The Labute approximate surface area is 83.6 Å². The van der Waals surface area contributed by atoms with Crippen LogP contribution >= 0.6 is 0 Å². The molecule has 1 heterocycles. The molecule has 1 aliphatic rings. The number of nitrogens with zero attached hydrogens (tertiary/aromatic N) is 2. The third-order valence-electron chi connectivity index (χ3n) is 2.19. The van der Waals surface area contributed by atoms with Gasteiger partial charge < -0.3 is 15.0 Å².